The second-order valence-electron chi connectivity index (χ2n) is 0.600. The van der Waals surface area contributed by atoms with Crippen molar-refractivity contribution in [2.45, 2.75) is 0 Å². The Labute approximate surface area is 323 Å². The van der Waals surface area contributed by atoms with Gasteiger partial charge in [0.05, 0.1) is 0 Å². The van der Waals surface area contributed by atoms with Gasteiger partial charge in [-0.1, -0.05) is 9.05 Å². The molecule has 1 saturated heterocycles. The van der Waals surface area contributed by atoms with Gasteiger partial charge < -0.3 is 0 Å². The minimum Gasteiger partial charge on any atom is -0.0850 e. The van der Waals surface area contributed by atoms with Crippen LogP contribution in [0.3, 0.4) is 0 Å². The van der Waals surface area contributed by atoms with Crippen molar-refractivity contribution in [1.29, 1.82) is 0 Å². The Hall–Kier alpha value is 9.84. The second-order valence-corrected chi connectivity index (χ2v) is 1.56. The first-order valence-electron chi connectivity index (χ1n) is 1.13. The summed E-state index contributed by atoms with van der Waals surface area (Å²) in [6, 6.07) is 0. The summed E-state index contributed by atoms with van der Waals surface area (Å²) in [6.07, 6.45) is 0. The molecule has 10 heteroatoms. The summed E-state index contributed by atoms with van der Waals surface area (Å²) in [6.45, 7) is 0.204. The van der Waals surface area contributed by atoms with E-state index in [0.717, 1.165) is 0 Å². The summed E-state index contributed by atoms with van der Waals surface area (Å²) in [5.41, 5.74) is 0. The smallest absolute Gasteiger partial charge is 0.0850 e. The summed E-state index contributed by atoms with van der Waals surface area (Å²) in [5.74, 6) is 0. The third-order valence-electron chi connectivity index (χ3n) is 0.316. The summed E-state index contributed by atoms with van der Waals surface area (Å²) in [7, 11) is -1.67. The average Bonchev–Trinajstić information content (AvgIpc) is 1.30. The van der Waals surface area contributed by atoms with Gasteiger partial charge in [-0.15, -0.1) is 0 Å². The molecule has 0 aliphatic carbocycles. The minimum absolute atomic E-state index is 0. The van der Waals surface area contributed by atoms with Crippen LogP contribution in [0.1, 0.15) is 0 Å². The van der Waals surface area contributed by atoms with E-state index in [9.17, 15) is 4.57 Å². The molecule has 1 aliphatic rings. The van der Waals surface area contributed by atoms with Gasteiger partial charge in [0.2, 0.25) is 0 Å². The molecule has 1 fully saturated rings. The maximum absolute atomic E-state index is 9.60. The molecule has 1 rings (SSSR count). The third kappa shape index (κ3) is 25.2. The Bertz CT molecular complexity index is 64.8. The van der Waals surface area contributed by atoms with E-state index in [4.69, 9.17) is 0 Å². The van der Waals surface area contributed by atoms with E-state index < -0.39 is 8.25 Å². The van der Waals surface area contributed by atoms with Gasteiger partial charge in [0.1, 0.15) is 0 Å². The van der Waals surface area contributed by atoms with Crippen LogP contribution >= 0.6 is 8.25 Å². The maximum Gasteiger partial charge on any atom is 0.702 e. The Morgan fingerprint density at radius 1 is 0.818 bits per heavy atom. The zero-order valence-electron chi connectivity index (χ0n) is 8.38. The predicted molar refractivity (Wildman–Crippen MR) is 49.2 cm³/mol. The van der Waals surface area contributed by atoms with Gasteiger partial charge in [-0.2, -0.15) is 0 Å². The fourth-order valence-electron chi connectivity index (χ4n) is 0.0957. The molecule has 0 aromatic rings. The maximum atomic E-state index is 9.60. The largest absolute Gasteiger partial charge is 0.702 e. The Morgan fingerprint density at radius 2 is 1.00 bits per heavy atom. The zero-order chi connectivity index (χ0) is 3.70. The predicted octanol–water partition coefficient (Wildman–Crippen LogP) is -1.64. The van der Waals surface area contributed by atoms with Gasteiger partial charge in [0.15, 0.2) is 0 Å². The monoisotopic (exact) mass is 327 g/mol. The number of hydrogen-bond donors (Lipinski definition) is 0. The van der Waals surface area contributed by atoms with E-state index in [-0.39, 0.29) is 315 Å². The summed E-state index contributed by atoms with van der Waals surface area (Å²) in [4.78, 5) is 0. The Morgan fingerprint density at radius 3 is 1.00 bits per heavy atom. The summed E-state index contributed by atoms with van der Waals surface area (Å²) >= 11 is 0. The molecular formula is CH2K6O3P+. The van der Waals surface area contributed by atoms with Crippen molar-refractivity contribution in [2.24, 2.45) is 0 Å². The van der Waals surface area contributed by atoms with Gasteiger partial charge in [-0.25, -0.2) is 0 Å². The molecule has 0 unspecified atom stereocenters. The normalized spacial score (nSPS) is 10.0. The first kappa shape index (κ1) is 37.2. The van der Waals surface area contributed by atoms with Crippen molar-refractivity contribution in [3.8, 4) is 0 Å². The molecule has 1 heterocycles. The van der Waals surface area contributed by atoms with Gasteiger partial charge in [-0.3, -0.25) is 0 Å². The van der Waals surface area contributed by atoms with Crippen LogP contribution in [-0.4, -0.2) is 315 Å². The molecule has 1 aliphatic heterocycles. The van der Waals surface area contributed by atoms with Crippen molar-refractivity contribution in [2.75, 3.05) is 6.79 Å². The van der Waals surface area contributed by atoms with Crippen LogP contribution in [0.2, 0.25) is 0 Å². The fraction of sp³-hybridized carbons (Fsp3) is 1.00. The van der Waals surface area contributed by atoms with E-state index in [0.29, 0.717) is 0 Å². The molecular weight excluding hydrogens is 326 g/mol. The summed E-state index contributed by atoms with van der Waals surface area (Å²) < 4.78 is 18.0. The van der Waals surface area contributed by atoms with Crippen LogP contribution in [0.4, 0.5) is 0 Å². The molecule has 0 N–H and O–H groups in total. The third-order valence-corrected chi connectivity index (χ3v) is 0.949. The quantitative estimate of drug-likeness (QED) is 0.396. The van der Waals surface area contributed by atoms with Gasteiger partial charge in [0.25, 0.3) is 6.79 Å². The van der Waals surface area contributed by atoms with Crippen molar-refractivity contribution in [3.05, 3.63) is 0 Å². The fourth-order valence-corrected chi connectivity index (χ4v) is 0.287. The summed E-state index contributed by atoms with van der Waals surface area (Å²) in [5, 5.41) is 0. The molecule has 0 atom stereocenters. The molecule has 0 bridgehead atoms. The standard InChI is InChI=1S/CH2O3P.6K/c2-5-3-1-4-5;;;;;;/h1H2;;;;;;/q+1;;;;;;. The zero-order valence-corrected chi connectivity index (χ0v) is 28.0. The number of rotatable bonds is 0. The van der Waals surface area contributed by atoms with E-state index in [1.54, 1.807) is 0 Å². The molecule has 6 radical (unpaired) electrons. The van der Waals surface area contributed by atoms with Crippen LogP contribution < -0.4 is 0 Å². The van der Waals surface area contributed by atoms with Crippen molar-refractivity contribution in [1.82, 2.24) is 0 Å². The first-order valence-corrected chi connectivity index (χ1v) is 2.22. The van der Waals surface area contributed by atoms with Crippen molar-refractivity contribution in [3.63, 3.8) is 0 Å². The van der Waals surface area contributed by atoms with Gasteiger partial charge in [-0.05, 0) is 0 Å². The van der Waals surface area contributed by atoms with E-state index in [2.05, 4.69) is 9.05 Å². The molecule has 34 valence electrons. The van der Waals surface area contributed by atoms with Crippen LogP contribution in [0.25, 0.3) is 0 Å². The molecule has 0 aromatic heterocycles. The molecule has 0 amide bonds. The first-order chi connectivity index (χ1) is 2.39. The van der Waals surface area contributed by atoms with Crippen molar-refractivity contribution < 1.29 is 13.6 Å². The molecule has 3 nitrogen and oxygen atoms in total. The van der Waals surface area contributed by atoms with Crippen LogP contribution in [0, 0.1) is 0 Å². The Kier molecular flexibility index (Phi) is 95.0. The molecule has 0 spiro atoms. The van der Waals surface area contributed by atoms with Crippen LogP contribution in [-0.2, 0) is 13.6 Å². The number of hydrogen-bond acceptors (Lipinski definition) is 3. The molecule has 0 aromatic carbocycles. The molecule has 11 heavy (non-hydrogen) atoms. The Balaban J connectivity index is -0.0000000104. The average molecular weight is 328 g/mol. The topological polar surface area (TPSA) is 35.5 Å². The van der Waals surface area contributed by atoms with Gasteiger partial charge >= 0.3 is 8.25 Å². The van der Waals surface area contributed by atoms with Crippen LogP contribution in [0.5, 0.6) is 0 Å². The SMILES string of the molecule is O=[P+]1OCO1.[K].[K].[K].[K].[K].[K]. The molecule has 0 saturated carbocycles. The van der Waals surface area contributed by atoms with E-state index in [1.165, 1.54) is 0 Å². The second kappa shape index (κ2) is 28.1. The van der Waals surface area contributed by atoms with Crippen LogP contribution in [0.15, 0.2) is 0 Å². The minimum atomic E-state index is -1.67. The van der Waals surface area contributed by atoms with E-state index >= 15 is 0 Å². The van der Waals surface area contributed by atoms with E-state index in [1.807, 2.05) is 0 Å². The van der Waals surface area contributed by atoms with Gasteiger partial charge in [0, 0.05) is 313 Å². The van der Waals surface area contributed by atoms with Crippen molar-refractivity contribution >= 4 is 317 Å².